The number of nitrogens with zero attached hydrogens (tertiary/aromatic N) is 3. The van der Waals surface area contributed by atoms with Gasteiger partial charge in [0.15, 0.2) is 0 Å². The van der Waals surface area contributed by atoms with Gasteiger partial charge in [-0.2, -0.15) is 4.98 Å². The van der Waals surface area contributed by atoms with Crippen molar-refractivity contribution >= 4 is 5.91 Å². The summed E-state index contributed by atoms with van der Waals surface area (Å²) in [5.74, 6) is 1.24. The Kier molecular flexibility index (Phi) is 5.46. The van der Waals surface area contributed by atoms with Crippen LogP contribution >= 0.6 is 0 Å². The van der Waals surface area contributed by atoms with Crippen LogP contribution in [-0.2, 0) is 11.2 Å². The van der Waals surface area contributed by atoms with Gasteiger partial charge in [0.1, 0.15) is 5.82 Å². The first kappa shape index (κ1) is 18.3. The average molecular weight is 379 g/mol. The number of benzene rings is 2. The molecule has 4 rings (SSSR count). The lowest BCUT2D eigenvalue weighted by atomic mass is 9.99. The molecule has 1 fully saturated rings. The summed E-state index contributed by atoms with van der Waals surface area (Å²) in [5, 5.41) is 3.93. The Labute approximate surface area is 163 Å². The van der Waals surface area contributed by atoms with E-state index in [4.69, 9.17) is 4.52 Å². The molecule has 6 heteroatoms. The zero-order valence-corrected chi connectivity index (χ0v) is 15.6. The van der Waals surface area contributed by atoms with Crippen molar-refractivity contribution in [1.29, 1.82) is 0 Å². The molecule has 0 N–H and O–H groups in total. The second-order valence-corrected chi connectivity index (χ2v) is 7.11. The van der Waals surface area contributed by atoms with Gasteiger partial charge in [-0.05, 0) is 42.7 Å². The molecule has 1 aliphatic heterocycles. The number of hydrogen-bond donors (Lipinski definition) is 0. The highest BCUT2D eigenvalue weighted by Crippen LogP contribution is 2.27. The van der Waals surface area contributed by atoms with E-state index in [1.807, 2.05) is 23.1 Å². The summed E-state index contributed by atoms with van der Waals surface area (Å²) in [6.07, 6.45) is 2.70. The molecular formula is C22H22FN3O2. The molecule has 144 valence electrons. The molecule has 1 amide bonds. The molecule has 3 aromatic rings. The van der Waals surface area contributed by atoms with Crippen molar-refractivity contribution in [1.82, 2.24) is 15.0 Å². The average Bonchev–Trinajstić information content (AvgIpc) is 3.39. The third-order valence-corrected chi connectivity index (χ3v) is 5.16. The minimum atomic E-state index is -0.303. The number of rotatable bonds is 6. The monoisotopic (exact) mass is 379 g/mol. The van der Waals surface area contributed by atoms with Crippen molar-refractivity contribution in [3.05, 3.63) is 71.9 Å². The van der Waals surface area contributed by atoms with Gasteiger partial charge in [-0.1, -0.05) is 35.5 Å². The Bertz CT molecular complexity index is 924. The Morgan fingerprint density at radius 1 is 1.14 bits per heavy atom. The zero-order valence-electron chi connectivity index (χ0n) is 15.6. The van der Waals surface area contributed by atoms with Crippen molar-refractivity contribution < 1.29 is 13.7 Å². The van der Waals surface area contributed by atoms with Crippen LogP contribution in [0.4, 0.5) is 4.39 Å². The lowest BCUT2D eigenvalue weighted by Gasteiger charge is -2.16. The van der Waals surface area contributed by atoms with E-state index in [1.54, 1.807) is 12.1 Å². The third kappa shape index (κ3) is 4.27. The number of aryl methyl sites for hydroxylation is 1. The molecule has 1 atom stereocenters. The van der Waals surface area contributed by atoms with Gasteiger partial charge in [0.2, 0.25) is 17.6 Å². The smallest absolute Gasteiger partial charge is 0.226 e. The van der Waals surface area contributed by atoms with Crippen LogP contribution in [0.3, 0.4) is 0 Å². The summed E-state index contributed by atoms with van der Waals surface area (Å²) in [6, 6.07) is 16.3. The maximum Gasteiger partial charge on any atom is 0.226 e. The summed E-state index contributed by atoms with van der Waals surface area (Å²) < 4.78 is 18.3. The summed E-state index contributed by atoms with van der Waals surface area (Å²) in [5.41, 5.74) is 2.01. The van der Waals surface area contributed by atoms with Crippen LogP contribution in [-0.4, -0.2) is 34.0 Å². The SMILES string of the molecule is O=C(CCCc1nc(-c2ccc(F)cc2)no1)N1CC[C@@H](c2ccccc2)C1. The molecule has 1 saturated heterocycles. The largest absolute Gasteiger partial charge is 0.342 e. The molecule has 2 heterocycles. The first-order chi connectivity index (χ1) is 13.7. The maximum absolute atomic E-state index is 13.0. The highest BCUT2D eigenvalue weighted by molar-refractivity contribution is 5.76. The van der Waals surface area contributed by atoms with Crippen LogP contribution < -0.4 is 0 Å². The molecule has 28 heavy (non-hydrogen) atoms. The van der Waals surface area contributed by atoms with Gasteiger partial charge in [-0.25, -0.2) is 4.39 Å². The van der Waals surface area contributed by atoms with Crippen molar-refractivity contribution in [2.75, 3.05) is 13.1 Å². The third-order valence-electron chi connectivity index (χ3n) is 5.16. The lowest BCUT2D eigenvalue weighted by Crippen LogP contribution is -2.28. The fraction of sp³-hybridized carbons (Fsp3) is 0.318. The van der Waals surface area contributed by atoms with E-state index >= 15 is 0 Å². The number of carbonyl (C=O) groups is 1. The van der Waals surface area contributed by atoms with Gasteiger partial charge in [0.25, 0.3) is 0 Å². The number of hydrogen-bond acceptors (Lipinski definition) is 4. The van der Waals surface area contributed by atoms with E-state index in [0.717, 1.165) is 19.5 Å². The van der Waals surface area contributed by atoms with Crippen molar-refractivity contribution in [3.63, 3.8) is 0 Å². The highest BCUT2D eigenvalue weighted by Gasteiger charge is 2.26. The van der Waals surface area contributed by atoms with Crippen LogP contribution in [0.15, 0.2) is 59.1 Å². The van der Waals surface area contributed by atoms with Gasteiger partial charge in [-0.3, -0.25) is 4.79 Å². The molecule has 1 aromatic heterocycles. The molecule has 0 aliphatic carbocycles. The number of aromatic nitrogens is 2. The second-order valence-electron chi connectivity index (χ2n) is 7.11. The first-order valence-corrected chi connectivity index (χ1v) is 9.60. The minimum absolute atomic E-state index is 0.178. The van der Waals surface area contributed by atoms with Crippen molar-refractivity contribution in [2.24, 2.45) is 0 Å². The predicted octanol–water partition coefficient (Wildman–Crippen LogP) is 4.21. The van der Waals surface area contributed by atoms with Gasteiger partial charge < -0.3 is 9.42 Å². The maximum atomic E-state index is 13.0. The fourth-order valence-electron chi connectivity index (χ4n) is 3.61. The molecular weight excluding hydrogens is 357 g/mol. The molecule has 0 saturated carbocycles. The summed E-state index contributed by atoms with van der Waals surface area (Å²) in [7, 11) is 0. The molecule has 1 aliphatic rings. The van der Waals surface area contributed by atoms with Crippen molar-refractivity contribution in [3.8, 4) is 11.4 Å². The van der Waals surface area contributed by atoms with E-state index in [-0.39, 0.29) is 11.7 Å². The van der Waals surface area contributed by atoms with Gasteiger partial charge >= 0.3 is 0 Å². The zero-order chi connectivity index (χ0) is 19.3. The first-order valence-electron chi connectivity index (χ1n) is 9.60. The summed E-state index contributed by atoms with van der Waals surface area (Å²) >= 11 is 0. The second kappa shape index (κ2) is 8.33. The van der Waals surface area contributed by atoms with Crippen molar-refractivity contribution in [2.45, 2.75) is 31.6 Å². The van der Waals surface area contributed by atoms with E-state index in [2.05, 4.69) is 22.3 Å². The summed E-state index contributed by atoms with van der Waals surface area (Å²) in [4.78, 5) is 18.8. The number of likely N-dealkylation sites (tertiary alicyclic amines) is 1. The topological polar surface area (TPSA) is 59.2 Å². The fourth-order valence-corrected chi connectivity index (χ4v) is 3.61. The Balaban J connectivity index is 1.25. The molecule has 2 aromatic carbocycles. The van der Waals surface area contributed by atoms with Crippen LogP contribution in [0.5, 0.6) is 0 Å². The molecule has 5 nitrogen and oxygen atoms in total. The molecule has 0 unspecified atom stereocenters. The summed E-state index contributed by atoms with van der Waals surface area (Å²) in [6.45, 7) is 1.60. The number of carbonyl (C=O) groups excluding carboxylic acids is 1. The van der Waals surface area contributed by atoms with Crippen LogP contribution in [0.25, 0.3) is 11.4 Å². The lowest BCUT2D eigenvalue weighted by molar-refractivity contribution is -0.130. The van der Waals surface area contributed by atoms with Crippen LogP contribution in [0.2, 0.25) is 0 Å². The quantitative estimate of drug-likeness (QED) is 0.644. The van der Waals surface area contributed by atoms with Gasteiger partial charge in [0, 0.05) is 37.4 Å². The van der Waals surface area contributed by atoms with E-state index < -0.39 is 0 Å². The number of halogens is 1. The standard InChI is InChI=1S/C22H22FN3O2/c23-19-11-9-17(10-12-19)22-24-20(28-25-22)7-4-8-21(27)26-14-13-18(15-26)16-5-2-1-3-6-16/h1-3,5-6,9-12,18H,4,7-8,13-15H2/t18-/m1/s1. The van der Waals surface area contributed by atoms with Crippen LogP contribution in [0.1, 0.15) is 36.6 Å². The Morgan fingerprint density at radius 3 is 2.71 bits per heavy atom. The highest BCUT2D eigenvalue weighted by atomic mass is 19.1. The Hall–Kier alpha value is -3.02. The van der Waals surface area contributed by atoms with E-state index in [1.165, 1.54) is 17.7 Å². The Morgan fingerprint density at radius 2 is 1.93 bits per heavy atom. The molecule has 0 radical (unpaired) electrons. The van der Waals surface area contributed by atoms with Crippen LogP contribution in [0, 0.1) is 5.82 Å². The van der Waals surface area contributed by atoms with E-state index in [0.29, 0.717) is 42.5 Å². The molecule has 0 spiro atoms. The molecule has 0 bridgehead atoms. The van der Waals surface area contributed by atoms with Gasteiger partial charge in [0.05, 0.1) is 0 Å². The minimum Gasteiger partial charge on any atom is -0.342 e. The normalized spacial score (nSPS) is 16.5. The van der Waals surface area contributed by atoms with Gasteiger partial charge in [-0.15, -0.1) is 0 Å². The number of amides is 1. The van der Waals surface area contributed by atoms with E-state index in [9.17, 15) is 9.18 Å². The predicted molar refractivity (Wildman–Crippen MR) is 103 cm³/mol.